The van der Waals surface area contributed by atoms with E-state index in [1.54, 1.807) is 6.92 Å². The highest BCUT2D eigenvalue weighted by Gasteiger charge is 2.30. The van der Waals surface area contributed by atoms with Gasteiger partial charge < -0.3 is 9.47 Å². The van der Waals surface area contributed by atoms with E-state index >= 15 is 0 Å². The third-order valence-corrected chi connectivity index (χ3v) is 5.13. The van der Waals surface area contributed by atoms with Gasteiger partial charge in [0, 0.05) is 11.1 Å². The molecule has 0 aromatic heterocycles. The van der Waals surface area contributed by atoms with E-state index in [1.165, 1.54) is 11.1 Å². The van der Waals surface area contributed by atoms with Crippen LogP contribution in [0.15, 0.2) is 24.0 Å². The van der Waals surface area contributed by atoms with E-state index in [9.17, 15) is 9.18 Å². The Labute approximate surface area is 162 Å². The van der Waals surface area contributed by atoms with Gasteiger partial charge >= 0.3 is 5.97 Å². The summed E-state index contributed by atoms with van der Waals surface area (Å²) in [5, 5.41) is 0. The fraction of sp³-hybridized carbons (Fsp3) is 0.522. The lowest BCUT2D eigenvalue weighted by atomic mass is 9.72. The predicted molar refractivity (Wildman–Crippen MR) is 108 cm³/mol. The number of halogens is 1. The molecule has 0 saturated carbocycles. The second kappa shape index (κ2) is 8.73. The molecule has 2 rings (SSSR count). The molecule has 0 amide bonds. The van der Waals surface area contributed by atoms with Crippen molar-refractivity contribution < 1.29 is 18.7 Å². The van der Waals surface area contributed by atoms with Crippen LogP contribution in [0.3, 0.4) is 0 Å². The maximum atomic E-state index is 14.9. The predicted octanol–water partition coefficient (Wildman–Crippen LogP) is 6.21. The number of allylic oxidation sites excluding steroid dienone is 3. The molecular weight excluding hydrogens is 343 g/mol. The van der Waals surface area contributed by atoms with Crippen LogP contribution in [0.5, 0.6) is 5.75 Å². The molecule has 0 saturated heterocycles. The number of esters is 1. The molecule has 4 heteroatoms. The number of carbonyl (C=O) groups is 1. The topological polar surface area (TPSA) is 35.5 Å². The van der Waals surface area contributed by atoms with Crippen LogP contribution in [0.25, 0.3) is 11.1 Å². The minimum absolute atomic E-state index is 0.0197. The SMILES string of the molecule is CCOC(=O)C(F)=C(CC)c1cc2c(cc1OCC)C(C)(C)CC=C2CC. The maximum absolute atomic E-state index is 14.9. The van der Waals surface area contributed by atoms with Crippen LogP contribution in [-0.2, 0) is 14.9 Å². The van der Waals surface area contributed by atoms with E-state index in [2.05, 4.69) is 26.8 Å². The molecule has 0 N–H and O–H groups in total. The lowest BCUT2D eigenvalue weighted by Gasteiger charge is -2.33. The molecule has 1 aromatic rings. The van der Waals surface area contributed by atoms with E-state index in [1.807, 2.05) is 26.0 Å². The molecule has 1 aromatic carbocycles. The van der Waals surface area contributed by atoms with Gasteiger partial charge in [0.05, 0.1) is 13.2 Å². The fourth-order valence-corrected chi connectivity index (χ4v) is 3.63. The Morgan fingerprint density at radius 3 is 2.41 bits per heavy atom. The van der Waals surface area contributed by atoms with E-state index < -0.39 is 11.8 Å². The van der Waals surface area contributed by atoms with Gasteiger partial charge in [0.25, 0.3) is 0 Å². The monoisotopic (exact) mass is 374 g/mol. The summed E-state index contributed by atoms with van der Waals surface area (Å²) in [4.78, 5) is 12.0. The highest BCUT2D eigenvalue weighted by molar-refractivity contribution is 5.96. The molecule has 0 heterocycles. The van der Waals surface area contributed by atoms with Crippen molar-refractivity contribution in [3.63, 3.8) is 0 Å². The van der Waals surface area contributed by atoms with E-state index in [-0.39, 0.29) is 12.0 Å². The van der Waals surface area contributed by atoms with Crippen LogP contribution < -0.4 is 4.74 Å². The van der Waals surface area contributed by atoms with Crippen LogP contribution in [0.4, 0.5) is 4.39 Å². The first-order valence-corrected chi connectivity index (χ1v) is 9.87. The Balaban J connectivity index is 2.74. The Kier molecular flexibility index (Phi) is 6.85. The summed E-state index contributed by atoms with van der Waals surface area (Å²) in [6, 6.07) is 4.03. The summed E-state index contributed by atoms with van der Waals surface area (Å²) >= 11 is 0. The molecule has 148 valence electrons. The number of benzene rings is 1. The Hall–Kier alpha value is -2.10. The van der Waals surface area contributed by atoms with Gasteiger partial charge in [-0.25, -0.2) is 4.79 Å². The molecule has 27 heavy (non-hydrogen) atoms. The second-order valence-corrected chi connectivity index (χ2v) is 7.36. The third-order valence-electron chi connectivity index (χ3n) is 5.13. The molecule has 0 atom stereocenters. The zero-order valence-corrected chi connectivity index (χ0v) is 17.4. The van der Waals surface area contributed by atoms with Gasteiger partial charge in [-0.15, -0.1) is 0 Å². The highest BCUT2D eigenvalue weighted by atomic mass is 19.1. The zero-order chi connectivity index (χ0) is 20.2. The summed E-state index contributed by atoms with van der Waals surface area (Å²) in [6.45, 7) is 12.6. The van der Waals surface area contributed by atoms with E-state index in [0.717, 1.165) is 18.4 Å². The van der Waals surface area contributed by atoms with Crippen molar-refractivity contribution >= 4 is 17.1 Å². The average Bonchev–Trinajstić information content (AvgIpc) is 2.63. The zero-order valence-electron chi connectivity index (χ0n) is 17.4. The minimum Gasteiger partial charge on any atom is -0.493 e. The number of hydrogen-bond acceptors (Lipinski definition) is 3. The number of carbonyl (C=O) groups excluding carboxylic acids is 1. The molecule has 0 spiro atoms. The van der Waals surface area contributed by atoms with Gasteiger partial charge in [-0.05, 0) is 67.4 Å². The first-order chi connectivity index (χ1) is 12.8. The number of fused-ring (bicyclic) bond motifs is 1. The fourth-order valence-electron chi connectivity index (χ4n) is 3.63. The highest BCUT2D eigenvalue weighted by Crippen LogP contribution is 2.45. The molecular formula is C23H31FO3. The molecule has 0 aliphatic heterocycles. The van der Waals surface area contributed by atoms with Crippen LogP contribution >= 0.6 is 0 Å². The normalized spacial score (nSPS) is 16.2. The van der Waals surface area contributed by atoms with Crippen LogP contribution in [0.1, 0.15) is 77.5 Å². The first-order valence-electron chi connectivity index (χ1n) is 9.87. The van der Waals surface area contributed by atoms with Gasteiger partial charge in [-0.2, -0.15) is 4.39 Å². The summed E-state index contributed by atoms with van der Waals surface area (Å²) in [7, 11) is 0. The van der Waals surface area contributed by atoms with Gasteiger partial charge in [0.1, 0.15) is 5.75 Å². The molecule has 1 aliphatic rings. The molecule has 0 unspecified atom stereocenters. The molecule has 0 fully saturated rings. The number of ether oxygens (including phenoxy) is 2. The van der Waals surface area contributed by atoms with Gasteiger partial charge in [-0.1, -0.05) is 33.8 Å². The lowest BCUT2D eigenvalue weighted by Crippen LogP contribution is -2.22. The van der Waals surface area contributed by atoms with E-state index in [4.69, 9.17) is 9.47 Å². The summed E-state index contributed by atoms with van der Waals surface area (Å²) in [5.74, 6) is -1.13. The van der Waals surface area contributed by atoms with Crippen molar-refractivity contribution in [3.05, 3.63) is 40.7 Å². The molecule has 1 aliphatic carbocycles. The Bertz CT molecular complexity index is 772. The van der Waals surface area contributed by atoms with Crippen LogP contribution in [0.2, 0.25) is 0 Å². The van der Waals surface area contributed by atoms with Crippen LogP contribution in [0, 0.1) is 0 Å². The van der Waals surface area contributed by atoms with Crippen molar-refractivity contribution in [3.8, 4) is 5.75 Å². The first kappa shape index (κ1) is 21.2. The lowest BCUT2D eigenvalue weighted by molar-refractivity contribution is -0.140. The number of hydrogen-bond donors (Lipinski definition) is 0. The third kappa shape index (κ3) is 4.26. The summed E-state index contributed by atoms with van der Waals surface area (Å²) in [5.41, 5.74) is 4.53. The van der Waals surface area contributed by atoms with Crippen LogP contribution in [-0.4, -0.2) is 19.2 Å². The van der Waals surface area contributed by atoms with Gasteiger partial charge in [-0.3, -0.25) is 0 Å². The maximum Gasteiger partial charge on any atom is 0.367 e. The van der Waals surface area contributed by atoms with Crippen molar-refractivity contribution in [2.75, 3.05) is 13.2 Å². The van der Waals surface area contributed by atoms with Crippen molar-refractivity contribution in [2.24, 2.45) is 0 Å². The Morgan fingerprint density at radius 1 is 1.15 bits per heavy atom. The second-order valence-electron chi connectivity index (χ2n) is 7.36. The summed E-state index contributed by atoms with van der Waals surface area (Å²) < 4.78 is 25.6. The minimum atomic E-state index is -0.916. The van der Waals surface area contributed by atoms with E-state index in [0.29, 0.717) is 29.9 Å². The molecule has 0 radical (unpaired) electrons. The van der Waals surface area contributed by atoms with Gasteiger partial charge in [0.15, 0.2) is 0 Å². The average molecular weight is 374 g/mol. The number of rotatable bonds is 7. The van der Waals surface area contributed by atoms with Crippen molar-refractivity contribution in [1.82, 2.24) is 0 Å². The smallest absolute Gasteiger partial charge is 0.367 e. The summed E-state index contributed by atoms with van der Waals surface area (Å²) in [6.07, 6.45) is 4.51. The molecule has 3 nitrogen and oxygen atoms in total. The molecule has 0 bridgehead atoms. The van der Waals surface area contributed by atoms with Crippen molar-refractivity contribution in [2.45, 2.75) is 66.2 Å². The van der Waals surface area contributed by atoms with Gasteiger partial charge in [0.2, 0.25) is 5.83 Å². The van der Waals surface area contributed by atoms with Crippen molar-refractivity contribution in [1.29, 1.82) is 0 Å². The Morgan fingerprint density at radius 2 is 1.85 bits per heavy atom. The standard InChI is InChI=1S/C23H31FO3/c1-7-15-11-12-23(5,6)19-14-20(26-9-3)18(13-17(15)19)16(8-2)21(24)22(25)27-10-4/h11,13-14H,7-10,12H2,1-6H3. The quantitative estimate of drug-likeness (QED) is 0.420. The largest absolute Gasteiger partial charge is 0.493 e.